The molecule has 4 heteroatoms. The van der Waals surface area contributed by atoms with Crippen molar-refractivity contribution in [2.45, 2.75) is 32.7 Å². The first-order valence-corrected chi connectivity index (χ1v) is 6.65. The van der Waals surface area contributed by atoms with Gasteiger partial charge in [0.2, 0.25) is 0 Å². The SMILES string of the molecule is CCCC(NCC)c1cc(Cl)c(Br)cc1F. The van der Waals surface area contributed by atoms with Crippen molar-refractivity contribution in [3.63, 3.8) is 0 Å². The molecule has 0 saturated heterocycles. The molecule has 1 N–H and O–H groups in total. The Morgan fingerprint density at radius 1 is 1.44 bits per heavy atom. The van der Waals surface area contributed by atoms with Crippen molar-refractivity contribution in [2.24, 2.45) is 0 Å². The fraction of sp³-hybridized carbons (Fsp3) is 0.500. The molecule has 1 rings (SSSR count). The van der Waals surface area contributed by atoms with Crippen LogP contribution in [0.5, 0.6) is 0 Å². The van der Waals surface area contributed by atoms with E-state index in [9.17, 15) is 4.39 Å². The Labute approximate surface area is 110 Å². The highest BCUT2D eigenvalue weighted by Gasteiger charge is 2.15. The van der Waals surface area contributed by atoms with Gasteiger partial charge >= 0.3 is 0 Å². The predicted molar refractivity (Wildman–Crippen MR) is 70.4 cm³/mol. The van der Waals surface area contributed by atoms with Crippen molar-refractivity contribution < 1.29 is 4.39 Å². The highest BCUT2D eigenvalue weighted by molar-refractivity contribution is 9.10. The normalized spacial score (nSPS) is 12.8. The molecule has 1 nitrogen and oxygen atoms in total. The van der Waals surface area contributed by atoms with E-state index in [1.165, 1.54) is 6.07 Å². The van der Waals surface area contributed by atoms with Gasteiger partial charge in [0.15, 0.2) is 0 Å². The monoisotopic (exact) mass is 307 g/mol. The van der Waals surface area contributed by atoms with Gasteiger partial charge in [-0.05, 0) is 41.0 Å². The minimum absolute atomic E-state index is 0.0422. The van der Waals surface area contributed by atoms with Crippen LogP contribution in [0.1, 0.15) is 38.3 Å². The van der Waals surface area contributed by atoms with Crippen molar-refractivity contribution >= 4 is 27.5 Å². The number of nitrogens with one attached hydrogen (secondary N) is 1. The second kappa shape index (κ2) is 6.58. The Morgan fingerprint density at radius 2 is 2.12 bits per heavy atom. The van der Waals surface area contributed by atoms with E-state index in [0.717, 1.165) is 19.4 Å². The van der Waals surface area contributed by atoms with Gasteiger partial charge in [-0.3, -0.25) is 0 Å². The molecule has 16 heavy (non-hydrogen) atoms. The van der Waals surface area contributed by atoms with E-state index in [-0.39, 0.29) is 11.9 Å². The molecule has 1 aromatic carbocycles. The lowest BCUT2D eigenvalue weighted by atomic mass is 10.0. The van der Waals surface area contributed by atoms with Gasteiger partial charge in [0.05, 0.1) is 5.02 Å². The standard InChI is InChI=1S/C12H16BrClFN/c1-3-5-12(16-4-2)8-6-10(14)9(13)7-11(8)15/h6-7,12,16H,3-5H2,1-2H3. The average molecular weight is 309 g/mol. The zero-order valence-electron chi connectivity index (χ0n) is 9.49. The van der Waals surface area contributed by atoms with Crippen molar-refractivity contribution in [1.82, 2.24) is 5.32 Å². The van der Waals surface area contributed by atoms with Crippen LogP contribution in [0.25, 0.3) is 0 Å². The third-order valence-corrected chi connectivity index (χ3v) is 3.64. The minimum atomic E-state index is -0.212. The first-order chi connectivity index (χ1) is 7.60. The quantitative estimate of drug-likeness (QED) is 0.778. The summed E-state index contributed by atoms with van der Waals surface area (Å²) in [6, 6.07) is 3.17. The first-order valence-electron chi connectivity index (χ1n) is 5.48. The van der Waals surface area contributed by atoms with Crippen LogP contribution >= 0.6 is 27.5 Å². The Kier molecular flexibility index (Phi) is 5.73. The molecular weight excluding hydrogens is 292 g/mol. The summed E-state index contributed by atoms with van der Waals surface area (Å²) in [4.78, 5) is 0. The van der Waals surface area contributed by atoms with Crippen LogP contribution in [-0.2, 0) is 0 Å². The maximum atomic E-state index is 13.8. The average Bonchev–Trinajstić information content (AvgIpc) is 2.23. The van der Waals surface area contributed by atoms with Gasteiger partial charge in [0, 0.05) is 16.1 Å². The summed E-state index contributed by atoms with van der Waals surface area (Å²) in [7, 11) is 0. The van der Waals surface area contributed by atoms with Crippen LogP contribution in [0.3, 0.4) is 0 Å². The molecule has 1 unspecified atom stereocenters. The Balaban J connectivity index is 3.03. The number of hydrogen-bond donors (Lipinski definition) is 1. The largest absolute Gasteiger partial charge is 0.310 e. The molecule has 0 bridgehead atoms. The van der Waals surface area contributed by atoms with E-state index in [2.05, 4.69) is 28.2 Å². The summed E-state index contributed by atoms with van der Waals surface area (Å²) < 4.78 is 14.4. The molecule has 90 valence electrons. The molecule has 1 aromatic rings. The van der Waals surface area contributed by atoms with Crippen LogP contribution < -0.4 is 5.32 Å². The lowest BCUT2D eigenvalue weighted by Crippen LogP contribution is -2.21. The Morgan fingerprint density at radius 3 is 2.69 bits per heavy atom. The van der Waals surface area contributed by atoms with Crippen molar-refractivity contribution in [1.29, 1.82) is 0 Å². The summed E-state index contributed by atoms with van der Waals surface area (Å²) in [6.07, 6.45) is 1.91. The molecule has 1 atom stereocenters. The fourth-order valence-electron chi connectivity index (χ4n) is 1.71. The van der Waals surface area contributed by atoms with Crippen molar-refractivity contribution in [2.75, 3.05) is 6.54 Å². The first kappa shape index (κ1) is 13.9. The lowest BCUT2D eigenvalue weighted by molar-refractivity contribution is 0.480. The van der Waals surface area contributed by atoms with Crippen molar-refractivity contribution in [3.05, 3.63) is 33.0 Å². The summed E-state index contributed by atoms with van der Waals surface area (Å²) in [5, 5.41) is 3.82. The maximum absolute atomic E-state index is 13.8. The van der Waals surface area contributed by atoms with E-state index in [0.29, 0.717) is 15.1 Å². The number of halogens is 3. The number of rotatable bonds is 5. The molecule has 0 heterocycles. The van der Waals surface area contributed by atoms with Crippen LogP contribution in [-0.4, -0.2) is 6.54 Å². The predicted octanol–water partition coefficient (Wildman–Crippen LogP) is 4.69. The van der Waals surface area contributed by atoms with Gasteiger partial charge in [-0.1, -0.05) is 31.9 Å². The number of hydrogen-bond acceptors (Lipinski definition) is 1. The molecule has 0 aromatic heterocycles. The highest BCUT2D eigenvalue weighted by atomic mass is 79.9. The van der Waals surface area contributed by atoms with Gasteiger partial charge in [-0.2, -0.15) is 0 Å². The summed E-state index contributed by atoms with van der Waals surface area (Å²) >= 11 is 9.20. The maximum Gasteiger partial charge on any atom is 0.129 e. The fourth-order valence-corrected chi connectivity index (χ4v) is 2.20. The van der Waals surface area contributed by atoms with E-state index < -0.39 is 0 Å². The van der Waals surface area contributed by atoms with Crippen molar-refractivity contribution in [3.8, 4) is 0 Å². The van der Waals surface area contributed by atoms with Gasteiger partial charge in [0.25, 0.3) is 0 Å². The van der Waals surface area contributed by atoms with E-state index in [1.807, 2.05) is 6.92 Å². The third kappa shape index (κ3) is 3.44. The molecule has 0 aliphatic heterocycles. The molecule has 0 aliphatic rings. The van der Waals surface area contributed by atoms with Gasteiger partial charge in [0.1, 0.15) is 5.82 Å². The third-order valence-electron chi connectivity index (χ3n) is 2.44. The summed E-state index contributed by atoms with van der Waals surface area (Å²) in [5.74, 6) is -0.212. The molecule has 0 amide bonds. The summed E-state index contributed by atoms with van der Waals surface area (Å²) in [5.41, 5.74) is 0.650. The molecular formula is C12H16BrClFN. The summed E-state index contributed by atoms with van der Waals surface area (Å²) in [6.45, 7) is 4.92. The second-order valence-corrected chi connectivity index (χ2v) is 4.95. The smallest absolute Gasteiger partial charge is 0.129 e. The Bertz CT molecular complexity index is 351. The molecule has 0 aliphatic carbocycles. The van der Waals surface area contributed by atoms with Gasteiger partial charge in [-0.15, -0.1) is 0 Å². The molecule has 0 spiro atoms. The Hall–Kier alpha value is -0.120. The molecule has 0 fully saturated rings. The van der Waals surface area contributed by atoms with E-state index in [4.69, 9.17) is 11.6 Å². The minimum Gasteiger partial charge on any atom is -0.310 e. The van der Waals surface area contributed by atoms with Gasteiger partial charge < -0.3 is 5.32 Å². The topological polar surface area (TPSA) is 12.0 Å². The van der Waals surface area contributed by atoms with Crippen LogP contribution in [0.4, 0.5) is 4.39 Å². The van der Waals surface area contributed by atoms with E-state index in [1.54, 1.807) is 6.07 Å². The van der Waals surface area contributed by atoms with Crippen LogP contribution in [0, 0.1) is 5.82 Å². The molecule has 0 radical (unpaired) electrons. The lowest BCUT2D eigenvalue weighted by Gasteiger charge is -2.18. The molecule has 0 saturated carbocycles. The van der Waals surface area contributed by atoms with Crippen LogP contribution in [0.2, 0.25) is 5.02 Å². The highest BCUT2D eigenvalue weighted by Crippen LogP contribution is 2.30. The van der Waals surface area contributed by atoms with Crippen LogP contribution in [0.15, 0.2) is 16.6 Å². The zero-order chi connectivity index (χ0) is 12.1. The second-order valence-electron chi connectivity index (χ2n) is 3.69. The van der Waals surface area contributed by atoms with Gasteiger partial charge in [-0.25, -0.2) is 4.39 Å². The number of benzene rings is 1. The van der Waals surface area contributed by atoms with E-state index >= 15 is 0 Å². The zero-order valence-corrected chi connectivity index (χ0v) is 11.8.